The minimum Gasteiger partial charge on any atom is -0.872 e. The lowest BCUT2D eigenvalue weighted by Crippen LogP contribution is -2.61. The van der Waals surface area contributed by atoms with Crippen LogP contribution >= 0.6 is 0 Å². The predicted molar refractivity (Wildman–Crippen MR) is 135 cm³/mol. The van der Waals surface area contributed by atoms with E-state index in [4.69, 9.17) is 18.6 Å². The number of ether oxygens (including phenoxy) is 3. The third kappa shape index (κ3) is 5.14. The summed E-state index contributed by atoms with van der Waals surface area (Å²) in [6, 6.07) is 7.34. The quantitative estimate of drug-likeness (QED) is 0.169. The third-order valence-electron chi connectivity index (χ3n) is 7.38. The summed E-state index contributed by atoms with van der Waals surface area (Å²) in [4.78, 5) is 13.1. The molecule has 0 amide bonds. The number of aromatic hydroxyl groups is 2. The molecule has 1 aromatic heterocycles. The van der Waals surface area contributed by atoms with E-state index in [1.54, 1.807) is 0 Å². The van der Waals surface area contributed by atoms with Crippen LogP contribution in [0.2, 0.25) is 0 Å². The van der Waals surface area contributed by atoms with E-state index in [-0.39, 0.29) is 11.5 Å². The van der Waals surface area contributed by atoms with Crippen LogP contribution < -0.4 is 10.5 Å². The summed E-state index contributed by atoms with van der Waals surface area (Å²) in [7, 11) is 0. The lowest BCUT2D eigenvalue weighted by atomic mass is 9.89. The Morgan fingerprint density at radius 2 is 1.59 bits per heavy atom. The van der Waals surface area contributed by atoms with Gasteiger partial charge in [0.1, 0.15) is 77.1 Å². The average Bonchev–Trinajstić information content (AvgIpc) is 2.93. The molecule has 0 radical (unpaired) electrons. The molecule has 3 aromatic rings. The van der Waals surface area contributed by atoms with Crippen LogP contribution in [0.5, 0.6) is 17.2 Å². The maximum Gasteiger partial charge on any atom is 0.197 e. The first-order valence-electron chi connectivity index (χ1n) is 12.7. The van der Waals surface area contributed by atoms with Gasteiger partial charge in [0.25, 0.3) is 0 Å². The first-order valence-corrected chi connectivity index (χ1v) is 12.7. The molecule has 0 saturated carbocycles. The SMILES string of the molecule is C[C@@H]1O[C@@H](O[C@@H]2[C@@H](O)[C@H](O)[C@@H](CO)O[C@H]2c2c([O-])cc(O)c3c(=O)cc(-c4ccc(O)cc4)oc23)[C@H](O)[C@H](O)[C@H]1O. The van der Waals surface area contributed by atoms with Crippen LogP contribution in [0.3, 0.4) is 0 Å². The zero-order valence-electron chi connectivity index (χ0n) is 21.5. The Kier molecular flexibility index (Phi) is 7.95. The third-order valence-corrected chi connectivity index (χ3v) is 7.38. The van der Waals surface area contributed by atoms with Gasteiger partial charge in [-0.2, -0.15) is 0 Å². The Morgan fingerprint density at radius 3 is 2.24 bits per heavy atom. The number of aliphatic hydroxyl groups excluding tert-OH is 6. The van der Waals surface area contributed by atoms with Crippen LogP contribution in [-0.2, 0) is 14.2 Å². The van der Waals surface area contributed by atoms with Crippen molar-refractivity contribution >= 4 is 11.0 Å². The monoisotopic (exact) mass is 577 g/mol. The van der Waals surface area contributed by atoms with Crippen LogP contribution in [-0.4, -0.2) is 103 Å². The predicted octanol–water partition coefficient (Wildman–Crippen LogP) is -1.69. The van der Waals surface area contributed by atoms with E-state index in [1.807, 2.05) is 0 Å². The fourth-order valence-corrected chi connectivity index (χ4v) is 5.10. The molecule has 41 heavy (non-hydrogen) atoms. The molecule has 2 aliphatic heterocycles. The molecule has 5 rings (SSSR count). The Hall–Kier alpha value is -3.31. The van der Waals surface area contributed by atoms with E-state index < -0.39 is 101 Å². The number of hydrogen-bond donors (Lipinski definition) is 8. The summed E-state index contributed by atoms with van der Waals surface area (Å²) in [6.45, 7) is 0.583. The van der Waals surface area contributed by atoms with E-state index in [0.717, 1.165) is 12.1 Å². The summed E-state index contributed by atoms with van der Waals surface area (Å²) in [5.74, 6) is -1.74. The lowest BCUT2D eigenvalue weighted by molar-refractivity contribution is -0.339. The molecule has 0 unspecified atom stereocenters. The number of rotatable bonds is 5. The highest BCUT2D eigenvalue weighted by molar-refractivity contribution is 5.89. The minimum absolute atomic E-state index is 0.0571. The van der Waals surface area contributed by atoms with Gasteiger partial charge in [-0.25, -0.2) is 0 Å². The summed E-state index contributed by atoms with van der Waals surface area (Å²) in [5.41, 5.74) is -1.30. The molecule has 3 heterocycles. The number of fused-ring (bicyclic) bond motifs is 1. The van der Waals surface area contributed by atoms with Gasteiger partial charge in [0.15, 0.2) is 11.7 Å². The van der Waals surface area contributed by atoms with Crippen LogP contribution in [0.25, 0.3) is 22.3 Å². The van der Waals surface area contributed by atoms with Gasteiger partial charge in [0.2, 0.25) is 0 Å². The van der Waals surface area contributed by atoms with Crippen molar-refractivity contribution in [2.24, 2.45) is 0 Å². The highest BCUT2D eigenvalue weighted by atomic mass is 16.7. The van der Waals surface area contributed by atoms with Crippen molar-refractivity contribution < 1.29 is 64.6 Å². The molecule has 2 aromatic carbocycles. The highest BCUT2D eigenvalue weighted by Crippen LogP contribution is 2.44. The number of phenols is 2. The van der Waals surface area contributed by atoms with Gasteiger partial charge < -0.3 is 64.6 Å². The van der Waals surface area contributed by atoms with E-state index in [0.29, 0.717) is 5.56 Å². The Labute approximate surface area is 231 Å². The molecular weight excluding hydrogens is 548 g/mol. The lowest BCUT2D eigenvalue weighted by Gasteiger charge is -2.46. The summed E-state index contributed by atoms with van der Waals surface area (Å²) >= 11 is 0. The van der Waals surface area contributed by atoms with E-state index >= 15 is 0 Å². The molecule has 0 aliphatic carbocycles. The molecule has 14 nitrogen and oxygen atoms in total. The van der Waals surface area contributed by atoms with E-state index in [2.05, 4.69) is 0 Å². The van der Waals surface area contributed by atoms with Gasteiger partial charge >= 0.3 is 0 Å². The zero-order chi connectivity index (χ0) is 29.7. The van der Waals surface area contributed by atoms with Gasteiger partial charge in [-0.05, 0) is 37.3 Å². The Balaban J connectivity index is 1.67. The second-order valence-electron chi connectivity index (χ2n) is 10.1. The van der Waals surface area contributed by atoms with Gasteiger partial charge in [-0.3, -0.25) is 4.79 Å². The first kappa shape index (κ1) is 29.2. The van der Waals surface area contributed by atoms with Gasteiger partial charge in [0.05, 0.1) is 12.7 Å². The molecule has 0 bridgehead atoms. The summed E-state index contributed by atoms with van der Waals surface area (Å²) in [6.07, 6.45) is -16.2. The minimum atomic E-state index is -1.88. The first-order chi connectivity index (χ1) is 19.4. The van der Waals surface area contributed by atoms with Crippen molar-refractivity contribution in [1.29, 1.82) is 0 Å². The molecule has 2 saturated heterocycles. The number of benzene rings is 2. The number of aliphatic hydroxyl groups is 6. The molecule has 2 fully saturated rings. The molecule has 2 aliphatic rings. The molecule has 0 spiro atoms. The van der Waals surface area contributed by atoms with Crippen LogP contribution in [0.1, 0.15) is 18.6 Å². The van der Waals surface area contributed by atoms with Crippen molar-refractivity contribution in [3.63, 3.8) is 0 Å². The van der Waals surface area contributed by atoms with Crippen molar-refractivity contribution in [3.8, 4) is 28.6 Å². The largest absolute Gasteiger partial charge is 0.872 e. The second-order valence-corrected chi connectivity index (χ2v) is 10.1. The summed E-state index contributed by atoms with van der Waals surface area (Å²) < 4.78 is 22.9. The average molecular weight is 578 g/mol. The van der Waals surface area contributed by atoms with Crippen molar-refractivity contribution in [1.82, 2.24) is 0 Å². The highest BCUT2D eigenvalue weighted by Gasteiger charge is 2.51. The fraction of sp³-hybridized carbons (Fsp3) is 0.444. The molecule has 8 N–H and O–H groups in total. The fourth-order valence-electron chi connectivity index (χ4n) is 5.10. The molecular formula is C27H29O14-. The Bertz CT molecular complexity index is 1460. The normalized spacial score (nSPS) is 34.1. The van der Waals surface area contributed by atoms with Crippen LogP contribution in [0.4, 0.5) is 0 Å². The second kappa shape index (κ2) is 11.2. The summed E-state index contributed by atoms with van der Waals surface area (Å²) in [5, 5.41) is 95.2. The smallest absolute Gasteiger partial charge is 0.197 e. The van der Waals surface area contributed by atoms with Gasteiger partial charge in [-0.15, -0.1) is 0 Å². The standard InChI is InChI=1S/C27H30O14/c1-9-19(33)21(35)23(37)27(38-9)41-26-22(36)20(34)16(8-28)40-25(26)18-13(31)6-12(30)17-14(32)7-15(39-24(17)18)10-2-4-11(29)5-3-10/h2-7,9,16,19-23,25-31,33-37H,8H2,1H3/p-1/t9-,16+,19-,20+,21+,22-,23+,25-,26+,27-/m0/s1. The Morgan fingerprint density at radius 1 is 0.902 bits per heavy atom. The maximum absolute atomic E-state index is 13.3. The van der Waals surface area contributed by atoms with Crippen molar-refractivity contribution in [3.05, 3.63) is 52.2 Å². The van der Waals surface area contributed by atoms with Crippen LogP contribution in [0.15, 0.2) is 45.6 Å². The van der Waals surface area contributed by atoms with Crippen LogP contribution in [0, 0.1) is 0 Å². The number of hydrogen-bond acceptors (Lipinski definition) is 14. The molecule has 10 atom stereocenters. The van der Waals surface area contributed by atoms with Gasteiger partial charge in [-0.1, -0.05) is 5.75 Å². The van der Waals surface area contributed by atoms with E-state index in [9.17, 15) is 50.8 Å². The van der Waals surface area contributed by atoms with Gasteiger partial charge in [0, 0.05) is 17.2 Å². The number of phenolic OH excluding ortho intramolecular Hbond substituents is 2. The maximum atomic E-state index is 13.3. The zero-order valence-corrected chi connectivity index (χ0v) is 21.5. The topological polar surface area (TPSA) is 243 Å². The molecule has 14 heteroatoms. The van der Waals surface area contributed by atoms with Crippen molar-refractivity contribution in [2.45, 2.75) is 68.1 Å². The van der Waals surface area contributed by atoms with E-state index in [1.165, 1.54) is 31.2 Å². The van der Waals surface area contributed by atoms with Crippen molar-refractivity contribution in [2.75, 3.05) is 6.61 Å². The molecule has 222 valence electrons.